The van der Waals surface area contributed by atoms with Gasteiger partial charge in [-0.25, -0.2) is 0 Å². The molecular weight excluding hydrogens is 302 g/mol. The molecule has 1 aliphatic carbocycles. The zero-order valence-electron chi connectivity index (χ0n) is 11.0. The van der Waals surface area contributed by atoms with Gasteiger partial charge in [0.2, 0.25) is 0 Å². The highest BCUT2D eigenvalue weighted by Gasteiger charge is 2.20. The Labute approximate surface area is 121 Å². The van der Waals surface area contributed by atoms with Gasteiger partial charge in [0, 0.05) is 21.5 Å². The Morgan fingerprint density at radius 3 is 2.74 bits per heavy atom. The molecule has 0 aliphatic heterocycles. The van der Waals surface area contributed by atoms with Crippen molar-refractivity contribution >= 4 is 32.5 Å². The molecule has 0 unspecified atom stereocenters. The maximum Gasteiger partial charge on any atom is 0.0871 e. The molecule has 0 bridgehead atoms. The number of halogens is 1. The molecule has 100 valence electrons. The van der Waals surface area contributed by atoms with E-state index >= 15 is 0 Å². The minimum Gasteiger partial charge on any atom is -0.323 e. The van der Waals surface area contributed by atoms with Crippen molar-refractivity contribution in [2.45, 2.75) is 38.5 Å². The first-order valence-electron chi connectivity index (χ1n) is 6.77. The van der Waals surface area contributed by atoms with E-state index < -0.39 is 0 Å². The fourth-order valence-electron chi connectivity index (χ4n) is 2.93. The summed E-state index contributed by atoms with van der Waals surface area (Å²) in [6.07, 6.45) is 5.10. The molecule has 1 aliphatic rings. The van der Waals surface area contributed by atoms with Crippen molar-refractivity contribution in [2.75, 3.05) is 5.43 Å². The van der Waals surface area contributed by atoms with Crippen LogP contribution in [0.25, 0.3) is 10.9 Å². The molecule has 1 heterocycles. The Hall–Kier alpha value is -1.13. The van der Waals surface area contributed by atoms with E-state index in [2.05, 4.69) is 46.5 Å². The summed E-state index contributed by atoms with van der Waals surface area (Å²) in [6.45, 7) is 2.09. The third-order valence-electron chi connectivity index (χ3n) is 4.06. The Morgan fingerprint density at radius 1 is 1.32 bits per heavy atom. The third kappa shape index (κ3) is 2.23. The van der Waals surface area contributed by atoms with Crippen LogP contribution in [0.2, 0.25) is 0 Å². The number of nitrogens with two attached hydrogens (primary N) is 1. The quantitative estimate of drug-likeness (QED) is 0.642. The van der Waals surface area contributed by atoms with Crippen molar-refractivity contribution in [3.05, 3.63) is 33.9 Å². The second-order valence-electron chi connectivity index (χ2n) is 5.31. The van der Waals surface area contributed by atoms with Crippen LogP contribution in [0.3, 0.4) is 0 Å². The number of nitrogens with zero attached hydrogens (tertiary/aromatic N) is 1. The highest BCUT2D eigenvalue weighted by molar-refractivity contribution is 9.10. The number of hydrogen-bond donors (Lipinski definition) is 2. The topological polar surface area (TPSA) is 50.9 Å². The molecule has 3 nitrogen and oxygen atoms in total. The molecule has 0 spiro atoms. The van der Waals surface area contributed by atoms with E-state index in [0.717, 1.165) is 21.1 Å². The van der Waals surface area contributed by atoms with Gasteiger partial charge in [0.15, 0.2) is 0 Å². The SMILES string of the molecule is Cc1ccc2c(NN)cc(C3CCCC3)nc2c1Br. The minimum absolute atomic E-state index is 0.587. The number of aryl methyl sites for hydroxylation is 1. The zero-order chi connectivity index (χ0) is 13.4. The summed E-state index contributed by atoms with van der Waals surface area (Å²) in [7, 11) is 0. The predicted octanol–water partition coefficient (Wildman–Crippen LogP) is 4.25. The van der Waals surface area contributed by atoms with Crippen LogP contribution in [-0.4, -0.2) is 4.98 Å². The molecule has 1 saturated carbocycles. The number of pyridine rings is 1. The van der Waals surface area contributed by atoms with Gasteiger partial charge in [-0.1, -0.05) is 25.0 Å². The van der Waals surface area contributed by atoms with Gasteiger partial charge in [-0.3, -0.25) is 10.8 Å². The second kappa shape index (κ2) is 5.10. The van der Waals surface area contributed by atoms with E-state index in [1.165, 1.54) is 36.9 Å². The van der Waals surface area contributed by atoms with Gasteiger partial charge in [-0.2, -0.15) is 0 Å². The highest BCUT2D eigenvalue weighted by Crippen LogP contribution is 2.37. The van der Waals surface area contributed by atoms with E-state index in [-0.39, 0.29) is 0 Å². The molecule has 1 aromatic heterocycles. The molecule has 3 rings (SSSR count). The number of hydrogen-bond acceptors (Lipinski definition) is 3. The van der Waals surface area contributed by atoms with Crippen molar-refractivity contribution in [1.29, 1.82) is 0 Å². The lowest BCUT2D eigenvalue weighted by atomic mass is 10.0. The monoisotopic (exact) mass is 319 g/mol. The van der Waals surface area contributed by atoms with Crippen LogP contribution in [0.15, 0.2) is 22.7 Å². The van der Waals surface area contributed by atoms with Crippen LogP contribution in [0.4, 0.5) is 5.69 Å². The van der Waals surface area contributed by atoms with Crippen LogP contribution in [0, 0.1) is 6.92 Å². The number of benzene rings is 1. The van der Waals surface area contributed by atoms with Gasteiger partial charge in [-0.05, 0) is 47.3 Å². The Bertz CT molecular complexity index is 618. The molecule has 1 fully saturated rings. The number of rotatable bonds is 2. The third-order valence-corrected chi connectivity index (χ3v) is 5.06. The Kier molecular flexibility index (Phi) is 3.46. The fraction of sp³-hybridized carbons (Fsp3) is 0.400. The summed E-state index contributed by atoms with van der Waals surface area (Å²) in [5.74, 6) is 6.27. The summed E-state index contributed by atoms with van der Waals surface area (Å²) >= 11 is 3.66. The molecule has 19 heavy (non-hydrogen) atoms. The number of anilines is 1. The lowest BCUT2D eigenvalue weighted by molar-refractivity contribution is 0.701. The average Bonchev–Trinajstić information content (AvgIpc) is 2.96. The van der Waals surface area contributed by atoms with E-state index in [0.29, 0.717) is 5.92 Å². The Morgan fingerprint density at radius 2 is 2.05 bits per heavy atom. The van der Waals surface area contributed by atoms with Crippen molar-refractivity contribution in [1.82, 2.24) is 4.98 Å². The number of nitrogens with one attached hydrogen (secondary N) is 1. The number of aromatic nitrogens is 1. The van der Waals surface area contributed by atoms with Crippen molar-refractivity contribution in [3.8, 4) is 0 Å². The first-order chi connectivity index (χ1) is 9.20. The van der Waals surface area contributed by atoms with Gasteiger partial charge >= 0.3 is 0 Å². The lowest BCUT2D eigenvalue weighted by Crippen LogP contribution is -2.09. The maximum atomic E-state index is 5.68. The first-order valence-corrected chi connectivity index (χ1v) is 7.56. The predicted molar refractivity (Wildman–Crippen MR) is 83.2 cm³/mol. The molecule has 0 atom stereocenters. The van der Waals surface area contributed by atoms with Crippen LogP contribution in [-0.2, 0) is 0 Å². The Balaban J connectivity index is 2.22. The van der Waals surface area contributed by atoms with E-state index in [1.807, 2.05) is 0 Å². The lowest BCUT2D eigenvalue weighted by Gasteiger charge is -2.14. The van der Waals surface area contributed by atoms with Gasteiger partial charge < -0.3 is 5.43 Å². The summed E-state index contributed by atoms with van der Waals surface area (Å²) in [5.41, 5.74) is 7.17. The minimum atomic E-state index is 0.587. The van der Waals surface area contributed by atoms with Crippen LogP contribution < -0.4 is 11.3 Å². The van der Waals surface area contributed by atoms with Gasteiger partial charge in [0.1, 0.15) is 0 Å². The van der Waals surface area contributed by atoms with Crippen molar-refractivity contribution in [3.63, 3.8) is 0 Å². The first kappa shape index (κ1) is 12.9. The van der Waals surface area contributed by atoms with E-state index in [4.69, 9.17) is 10.8 Å². The number of nitrogen functional groups attached to an aromatic ring is 1. The molecule has 1 aromatic carbocycles. The molecule has 4 heteroatoms. The zero-order valence-corrected chi connectivity index (χ0v) is 12.6. The van der Waals surface area contributed by atoms with Crippen LogP contribution >= 0.6 is 15.9 Å². The van der Waals surface area contributed by atoms with Gasteiger partial charge in [-0.15, -0.1) is 0 Å². The van der Waals surface area contributed by atoms with Crippen molar-refractivity contribution < 1.29 is 0 Å². The summed E-state index contributed by atoms with van der Waals surface area (Å²) < 4.78 is 1.07. The highest BCUT2D eigenvalue weighted by atomic mass is 79.9. The number of fused-ring (bicyclic) bond motifs is 1. The molecule has 2 aromatic rings. The molecule has 0 amide bonds. The van der Waals surface area contributed by atoms with E-state index in [1.54, 1.807) is 0 Å². The number of hydrazine groups is 1. The standard InChI is InChI=1S/C15H18BrN3/c1-9-6-7-11-13(19-17)8-12(10-4-2-3-5-10)18-15(11)14(9)16/h6-8,10H,2-5,17H2,1H3,(H,18,19). The molecule has 0 radical (unpaired) electrons. The largest absolute Gasteiger partial charge is 0.323 e. The van der Waals surface area contributed by atoms with Gasteiger partial charge in [0.05, 0.1) is 11.2 Å². The second-order valence-corrected chi connectivity index (χ2v) is 6.11. The summed E-state index contributed by atoms with van der Waals surface area (Å²) in [4.78, 5) is 4.88. The average molecular weight is 320 g/mol. The van der Waals surface area contributed by atoms with Crippen LogP contribution in [0.1, 0.15) is 42.9 Å². The smallest absolute Gasteiger partial charge is 0.0871 e. The summed E-state index contributed by atoms with van der Waals surface area (Å²) in [6, 6.07) is 6.28. The molecule has 0 saturated heterocycles. The fourth-order valence-corrected chi connectivity index (χ4v) is 3.36. The van der Waals surface area contributed by atoms with Gasteiger partial charge in [0.25, 0.3) is 0 Å². The molecular formula is C15H18BrN3. The van der Waals surface area contributed by atoms with Crippen molar-refractivity contribution in [2.24, 2.45) is 5.84 Å². The van der Waals surface area contributed by atoms with Crippen LogP contribution in [0.5, 0.6) is 0 Å². The summed E-state index contributed by atoms with van der Waals surface area (Å²) in [5, 5.41) is 1.07. The van der Waals surface area contributed by atoms with E-state index in [9.17, 15) is 0 Å². The normalized spacial score (nSPS) is 16.2. The molecule has 3 N–H and O–H groups in total. The maximum absolute atomic E-state index is 5.68.